The summed E-state index contributed by atoms with van der Waals surface area (Å²) in [7, 11) is 0. The van der Waals surface area contributed by atoms with Crippen molar-refractivity contribution in [3.63, 3.8) is 0 Å². The van der Waals surface area contributed by atoms with Crippen molar-refractivity contribution in [1.29, 1.82) is 0 Å². The molecule has 0 spiro atoms. The monoisotopic (exact) mass is 254 g/mol. The predicted octanol–water partition coefficient (Wildman–Crippen LogP) is 3.68. The van der Waals surface area contributed by atoms with Gasteiger partial charge in [0.1, 0.15) is 0 Å². The third kappa shape index (κ3) is 3.81. The van der Waals surface area contributed by atoms with Gasteiger partial charge >= 0.3 is 6.18 Å². The summed E-state index contributed by atoms with van der Waals surface area (Å²) in [5, 5.41) is 0.0928. The van der Waals surface area contributed by atoms with Gasteiger partial charge in [-0.05, 0) is 19.1 Å². The van der Waals surface area contributed by atoms with Crippen LogP contribution in [0, 0.1) is 0 Å². The zero-order valence-electron chi connectivity index (χ0n) is 8.47. The quantitative estimate of drug-likeness (QED) is 0.816. The number of hydrogen-bond donors (Lipinski definition) is 0. The fraction of sp³-hybridized carbons (Fsp3) is 0.400. The summed E-state index contributed by atoms with van der Waals surface area (Å²) in [5.74, 6) is 0.127. The molecule has 0 heterocycles. The lowest BCUT2D eigenvalue weighted by atomic mass is 10.3. The summed E-state index contributed by atoms with van der Waals surface area (Å²) in [6.45, 7) is 0.647. The van der Waals surface area contributed by atoms with E-state index in [-0.39, 0.29) is 16.5 Å². The van der Waals surface area contributed by atoms with Crippen LogP contribution in [0.1, 0.15) is 6.92 Å². The van der Waals surface area contributed by atoms with Crippen LogP contribution in [0.2, 0.25) is 5.02 Å². The van der Waals surface area contributed by atoms with Gasteiger partial charge in [-0.1, -0.05) is 17.7 Å². The first-order valence-corrected chi connectivity index (χ1v) is 4.92. The van der Waals surface area contributed by atoms with Crippen LogP contribution in [0.15, 0.2) is 18.2 Å². The molecule has 0 saturated carbocycles. The second-order valence-electron chi connectivity index (χ2n) is 2.90. The summed E-state index contributed by atoms with van der Waals surface area (Å²) in [5.41, 5.74) is 0. The third-order valence-corrected chi connectivity index (χ3v) is 1.91. The molecule has 2 nitrogen and oxygen atoms in total. The maximum Gasteiger partial charge on any atom is 0.422 e. The Labute approximate surface area is 95.9 Å². The number of ether oxygens (including phenoxy) is 2. The highest BCUT2D eigenvalue weighted by molar-refractivity contribution is 6.32. The van der Waals surface area contributed by atoms with Crippen molar-refractivity contribution in [3.8, 4) is 11.5 Å². The Morgan fingerprint density at radius 3 is 2.50 bits per heavy atom. The van der Waals surface area contributed by atoms with Gasteiger partial charge in [0.15, 0.2) is 18.1 Å². The zero-order chi connectivity index (χ0) is 12.2. The van der Waals surface area contributed by atoms with Gasteiger partial charge < -0.3 is 9.47 Å². The molecule has 0 N–H and O–H groups in total. The lowest BCUT2D eigenvalue weighted by Crippen LogP contribution is -2.19. The molecule has 0 bridgehead atoms. The first-order chi connectivity index (χ1) is 7.44. The highest BCUT2D eigenvalue weighted by atomic mass is 35.5. The summed E-state index contributed by atoms with van der Waals surface area (Å²) in [4.78, 5) is 0. The molecule has 0 amide bonds. The number of hydrogen-bond acceptors (Lipinski definition) is 2. The van der Waals surface area contributed by atoms with E-state index in [2.05, 4.69) is 4.74 Å². The van der Waals surface area contributed by atoms with Crippen molar-refractivity contribution < 1.29 is 22.6 Å². The van der Waals surface area contributed by atoms with Crippen LogP contribution in [0.5, 0.6) is 11.5 Å². The SMILES string of the molecule is CCOc1cccc(Cl)c1OCC(F)(F)F. The molecule has 0 unspecified atom stereocenters. The Hall–Kier alpha value is -1.10. The van der Waals surface area contributed by atoms with E-state index < -0.39 is 12.8 Å². The minimum Gasteiger partial charge on any atom is -0.490 e. The molecule has 6 heteroatoms. The Kier molecular flexibility index (Phi) is 4.29. The van der Waals surface area contributed by atoms with E-state index >= 15 is 0 Å². The van der Waals surface area contributed by atoms with Crippen LogP contribution in [0.25, 0.3) is 0 Å². The first-order valence-electron chi connectivity index (χ1n) is 4.55. The number of alkyl halides is 3. The number of halogens is 4. The van der Waals surface area contributed by atoms with Crippen molar-refractivity contribution in [2.45, 2.75) is 13.1 Å². The van der Waals surface area contributed by atoms with Gasteiger partial charge in [-0.15, -0.1) is 0 Å². The fourth-order valence-corrected chi connectivity index (χ4v) is 1.27. The first kappa shape index (κ1) is 13.0. The van der Waals surface area contributed by atoms with E-state index in [1.165, 1.54) is 12.1 Å². The average molecular weight is 255 g/mol. The van der Waals surface area contributed by atoms with E-state index in [4.69, 9.17) is 16.3 Å². The van der Waals surface area contributed by atoms with Crippen LogP contribution in [0.4, 0.5) is 13.2 Å². The molecular formula is C10H10ClF3O2. The number of rotatable bonds is 4. The Morgan fingerprint density at radius 1 is 1.25 bits per heavy atom. The number of benzene rings is 1. The van der Waals surface area contributed by atoms with Crippen molar-refractivity contribution in [2.24, 2.45) is 0 Å². The molecule has 1 aromatic rings. The van der Waals surface area contributed by atoms with E-state index in [0.717, 1.165) is 0 Å². The summed E-state index contributed by atoms with van der Waals surface area (Å²) < 4.78 is 45.7. The standard InChI is InChI=1S/C10H10ClF3O2/c1-2-15-8-5-3-4-7(11)9(8)16-6-10(12,13)14/h3-5H,2,6H2,1H3. The molecule has 0 fully saturated rings. The Morgan fingerprint density at radius 2 is 1.94 bits per heavy atom. The molecule has 0 aromatic heterocycles. The lowest BCUT2D eigenvalue weighted by molar-refractivity contribution is -0.153. The normalized spacial score (nSPS) is 11.3. The van der Waals surface area contributed by atoms with E-state index in [9.17, 15) is 13.2 Å². The molecule has 90 valence electrons. The molecule has 0 atom stereocenters. The average Bonchev–Trinajstić information content (AvgIpc) is 2.15. The number of para-hydroxylation sites is 1. The second-order valence-corrected chi connectivity index (χ2v) is 3.31. The zero-order valence-corrected chi connectivity index (χ0v) is 9.23. The van der Waals surface area contributed by atoms with E-state index in [1.807, 2.05) is 0 Å². The van der Waals surface area contributed by atoms with Crippen LogP contribution >= 0.6 is 11.6 Å². The van der Waals surface area contributed by atoms with E-state index in [0.29, 0.717) is 6.61 Å². The van der Waals surface area contributed by atoms with Gasteiger partial charge in [0.25, 0.3) is 0 Å². The molecule has 1 rings (SSSR count). The predicted molar refractivity (Wildman–Crippen MR) is 54.2 cm³/mol. The van der Waals surface area contributed by atoms with Gasteiger partial charge in [-0.25, -0.2) is 0 Å². The smallest absolute Gasteiger partial charge is 0.422 e. The maximum atomic E-state index is 12.0. The third-order valence-electron chi connectivity index (χ3n) is 1.61. The summed E-state index contributed by atoms with van der Waals surface area (Å²) in [6, 6.07) is 4.52. The molecule has 0 aliphatic rings. The topological polar surface area (TPSA) is 18.5 Å². The van der Waals surface area contributed by atoms with Crippen LogP contribution in [0.3, 0.4) is 0 Å². The van der Waals surface area contributed by atoms with Gasteiger partial charge in [0.05, 0.1) is 11.6 Å². The minimum atomic E-state index is -4.40. The second kappa shape index (κ2) is 5.30. The molecule has 16 heavy (non-hydrogen) atoms. The minimum absolute atomic E-state index is 0.0802. The molecule has 0 aliphatic carbocycles. The molecular weight excluding hydrogens is 245 g/mol. The van der Waals surface area contributed by atoms with Crippen molar-refractivity contribution in [3.05, 3.63) is 23.2 Å². The largest absolute Gasteiger partial charge is 0.490 e. The van der Waals surface area contributed by atoms with Crippen molar-refractivity contribution in [2.75, 3.05) is 13.2 Å². The highest BCUT2D eigenvalue weighted by Gasteiger charge is 2.29. The van der Waals surface area contributed by atoms with Gasteiger partial charge in [-0.2, -0.15) is 13.2 Å². The van der Waals surface area contributed by atoms with Gasteiger partial charge in [-0.3, -0.25) is 0 Å². The van der Waals surface area contributed by atoms with Crippen LogP contribution in [-0.4, -0.2) is 19.4 Å². The van der Waals surface area contributed by atoms with Crippen molar-refractivity contribution >= 4 is 11.6 Å². The summed E-state index contributed by atoms with van der Waals surface area (Å²) in [6.07, 6.45) is -4.40. The molecule has 0 aliphatic heterocycles. The van der Waals surface area contributed by atoms with Gasteiger partial charge in [0, 0.05) is 0 Å². The highest BCUT2D eigenvalue weighted by Crippen LogP contribution is 2.35. The lowest BCUT2D eigenvalue weighted by Gasteiger charge is -2.14. The Bertz CT molecular complexity index is 352. The molecule has 1 aromatic carbocycles. The van der Waals surface area contributed by atoms with Crippen LogP contribution < -0.4 is 9.47 Å². The van der Waals surface area contributed by atoms with E-state index in [1.54, 1.807) is 13.0 Å². The maximum absolute atomic E-state index is 12.0. The Balaban J connectivity index is 2.84. The van der Waals surface area contributed by atoms with Crippen molar-refractivity contribution in [1.82, 2.24) is 0 Å². The summed E-state index contributed by atoms with van der Waals surface area (Å²) >= 11 is 5.72. The molecule has 0 radical (unpaired) electrons. The van der Waals surface area contributed by atoms with Crippen LogP contribution in [-0.2, 0) is 0 Å². The van der Waals surface area contributed by atoms with Gasteiger partial charge in [0.2, 0.25) is 0 Å². The molecule has 0 saturated heterocycles. The fourth-order valence-electron chi connectivity index (χ4n) is 1.05.